The predicted molar refractivity (Wildman–Crippen MR) is 64.6 cm³/mol. The predicted octanol–water partition coefficient (Wildman–Crippen LogP) is 1.17. The Hall–Kier alpha value is -2.39. The SMILES string of the molecule is Nc1cc(NCCCn2ccnn2)nc(C(F)(F)F)n1. The second kappa shape index (κ2) is 5.72. The molecular formula is C10H12F3N7. The molecule has 0 aromatic carbocycles. The average molecular weight is 287 g/mol. The standard InChI is InChI=1S/C10H12F3N7/c11-10(12,13)9-17-7(14)6-8(18-9)15-2-1-4-20-5-3-16-19-20/h3,5-6H,1-2,4H2,(H3,14,15,17,18). The van der Waals surface area contributed by atoms with Crippen molar-refractivity contribution in [1.82, 2.24) is 25.0 Å². The van der Waals surface area contributed by atoms with Gasteiger partial charge in [-0.25, -0.2) is 9.97 Å². The van der Waals surface area contributed by atoms with Crippen LogP contribution in [0.2, 0.25) is 0 Å². The highest BCUT2D eigenvalue weighted by Crippen LogP contribution is 2.27. The molecule has 0 spiro atoms. The first-order chi connectivity index (χ1) is 9.45. The van der Waals surface area contributed by atoms with Crippen molar-refractivity contribution >= 4 is 11.6 Å². The Bertz CT molecular complexity index is 552. The molecule has 3 N–H and O–H groups in total. The van der Waals surface area contributed by atoms with Crippen LogP contribution in [-0.2, 0) is 12.7 Å². The number of nitrogens with zero attached hydrogens (tertiary/aromatic N) is 5. The van der Waals surface area contributed by atoms with Crippen LogP contribution >= 0.6 is 0 Å². The Labute approximate surface area is 112 Å². The zero-order valence-corrected chi connectivity index (χ0v) is 10.3. The molecule has 0 saturated heterocycles. The number of nitrogens with two attached hydrogens (primary N) is 1. The van der Waals surface area contributed by atoms with E-state index in [-0.39, 0.29) is 11.6 Å². The molecule has 0 amide bonds. The van der Waals surface area contributed by atoms with Gasteiger partial charge in [0.25, 0.3) is 0 Å². The molecule has 0 unspecified atom stereocenters. The number of rotatable bonds is 5. The summed E-state index contributed by atoms with van der Waals surface area (Å²) in [4.78, 5) is 6.53. The fourth-order valence-corrected chi connectivity index (χ4v) is 1.49. The molecule has 2 heterocycles. The van der Waals surface area contributed by atoms with E-state index in [4.69, 9.17) is 5.73 Å². The quantitative estimate of drug-likeness (QED) is 0.802. The second-order valence-corrected chi connectivity index (χ2v) is 3.95. The number of hydrogen-bond acceptors (Lipinski definition) is 6. The minimum absolute atomic E-state index is 0.0448. The normalized spacial score (nSPS) is 11.6. The third-order valence-electron chi connectivity index (χ3n) is 2.34. The Morgan fingerprint density at radius 2 is 2.10 bits per heavy atom. The lowest BCUT2D eigenvalue weighted by atomic mass is 10.4. The zero-order chi connectivity index (χ0) is 14.6. The Kier molecular flexibility index (Phi) is 4.01. The van der Waals surface area contributed by atoms with Gasteiger partial charge in [0, 0.05) is 25.4 Å². The van der Waals surface area contributed by atoms with Crippen molar-refractivity contribution in [2.45, 2.75) is 19.1 Å². The molecule has 0 aliphatic heterocycles. The zero-order valence-electron chi connectivity index (χ0n) is 10.3. The Balaban J connectivity index is 1.91. The van der Waals surface area contributed by atoms with Crippen molar-refractivity contribution in [3.63, 3.8) is 0 Å². The first-order valence-corrected chi connectivity index (χ1v) is 5.75. The Morgan fingerprint density at radius 3 is 2.75 bits per heavy atom. The third-order valence-corrected chi connectivity index (χ3v) is 2.34. The smallest absolute Gasteiger partial charge is 0.384 e. The summed E-state index contributed by atoms with van der Waals surface area (Å²) in [7, 11) is 0. The maximum Gasteiger partial charge on any atom is 0.451 e. The molecule has 2 rings (SSSR count). The molecule has 7 nitrogen and oxygen atoms in total. The molecule has 20 heavy (non-hydrogen) atoms. The van der Waals surface area contributed by atoms with Gasteiger partial charge in [-0.2, -0.15) is 13.2 Å². The highest BCUT2D eigenvalue weighted by molar-refractivity contribution is 5.44. The summed E-state index contributed by atoms with van der Waals surface area (Å²) < 4.78 is 39.1. The van der Waals surface area contributed by atoms with Crippen molar-refractivity contribution < 1.29 is 13.2 Å². The summed E-state index contributed by atoms with van der Waals surface area (Å²) >= 11 is 0. The molecule has 0 fully saturated rings. The summed E-state index contributed by atoms with van der Waals surface area (Å²) in [5.74, 6) is -1.44. The molecular weight excluding hydrogens is 275 g/mol. The lowest BCUT2D eigenvalue weighted by Crippen LogP contribution is -2.15. The number of alkyl halides is 3. The van der Waals surface area contributed by atoms with E-state index in [9.17, 15) is 13.2 Å². The average Bonchev–Trinajstić information content (AvgIpc) is 2.86. The molecule has 108 valence electrons. The van der Waals surface area contributed by atoms with Gasteiger partial charge >= 0.3 is 6.18 Å². The van der Waals surface area contributed by atoms with Crippen molar-refractivity contribution in [3.05, 3.63) is 24.3 Å². The van der Waals surface area contributed by atoms with Crippen LogP contribution in [0.25, 0.3) is 0 Å². The van der Waals surface area contributed by atoms with Gasteiger partial charge in [-0.15, -0.1) is 5.10 Å². The van der Waals surface area contributed by atoms with E-state index in [0.29, 0.717) is 19.5 Å². The van der Waals surface area contributed by atoms with Gasteiger partial charge in [0.05, 0.1) is 6.20 Å². The number of anilines is 2. The van der Waals surface area contributed by atoms with Gasteiger partial charge in [-0.05, 0) is 6.42 Å². The summed E-state index contributed by atoms with van der Waals surface area (Å²) in [5, 5.41) is 10.2. The van der Waals surface area contributed by atoms with Crippen molar-refractivity contribution in [2.24, 2.45) is 0 Å². The van der Waals surface area contributed by atoms with Gasteiger partial charge in [0.1, 0.15) is 11.6 Å². The van der Waals surface area contributed by atoms with E-state index < -0.39 is 12.0 Å². The van der Waals surface area contributed by atoms with Gasteiger partial charge in [-0.3, -0.25) is 4.68 Å². The van der Waals surface area contributed by atoms with E-state index in [1.807, 2.05) is 0 Å². The largest absolute Gasteiger partial charge is 0.451 e. The molecule has 0 bridgehead atoms. The molecule has 10 heteroatoms. The third kappa shape index (κ3) is 3.80. The topological polar surface area (TPSA) is 94.5 Å². The van der Waals surface area contributed by atoms with Gasteiger partial charge in [0.2, 0.25) is 5.82 Å². The first kappa shape index (κ1) is 14.0. The number of halogens is 3. The van der Waals surface area contributed by atoms with Crippen LogP contribution in [0.4, 0.5) is 24.8 Å². The highest BCUT2D eigenvalue weighted by Gasteiger charge is 2.35. The van der Waals surface area contributed by atoms with Gasteiger partial charge in [-0.1, -0.05) is 5.21 Å². The van der Waals surface area contributed by atoms with Crippen LogP contribution in [0.3, 0.4) is 0 Å². The summed E-state index contributed by atoms with van der Waals surface area (Å²) in [5.41, 5.74) is 5.32. The van der Waals surface area contributed by atoms with Crippen LogP contribution in [0, 0.1) is 0 Å². The second-order valence-electron chi connectivity index (χ2n) is 3.95. The van der Waals surface area contributed by atoms with Gasteiger partial charge in [0.15, 0.2) is 0 Å². The van der Waals surface area contributed by atoms with Crippen LogP contribution in [0.1, 0.15) is 12.2 Å². The number of hydrogen-bond donors (Lipinski definition) is 2. The molecule has 0 aliphatic carbocycles. The number of nitrogen functional groups attached to an aromatic ring is 1. The van der Waals surface area contributed by atoms with Crippen LogP contribution < -0.4 is 11.1 Å². The fourth-order valence-electron chi connectivity index (χ4n) is 1.49. The van der Waals surface area contributed by atoms with E-state index >= 15 is 0 Å². The minimum atomic E-state index is -4.62. The van der Waals surface area contributed by atoms with Crippen LogP contribution in [0.5, 0.6) is 0 Å². The van der Waals surface area contributed by atoms with Crippen LogP contribution in [0.15, 0.2) is 18.5 Å². The maximum absolute atomic E-state index is 12.5. The maximum atomic E-state index is 12.5. The number of aromatic nitrogens is 5. The van der Waals surface area contributed by atoms with Gasteiger partial charge < -0.3 is 11.1 Å². The van der Waals surface area contributed by atoms with E-state index in [1.54, 1.807) is 17.1 Å². The fraction of sp³-hybridized carbons (Fsp3) is 0.400. The molecule has 0 radical (unpaired) electrons. The first-order valence-electron chi connectivity index (χ1n) is 5.75. The van der Waals surface area contributed by atoms with E-state index in [1.165, 1.54) is 6.07 Å². The lowest BCUT2D eigenvalue weighted by molar-refractivity contribution is -0.144. The molecule has 2 aromatic rings. The summed E-state index contributed by atoms with van der Waals surface area (Å²) in [6.45, 7) is 1.02. The van der Waals surface area contributed by atoms with Crippen molar-refractivity contribution in [2.75, 3.05) is 17.6 Å². The number of aryl methyl sites for hydroxylation is 1. The summed E-state index contributed by atoms with van der Waals surface area (Å²) in [6.07, 6.45) is -0.722. The molecule has 0 aliphatic rings. The highest BCUT2D eigenvalue weighted by atomic mass is 19.4. The lowest BCUT2D eigenvalue weighted by Gasteiger charge is -2.10. The van der Waals surface area contributed by atoms with Crippen molar-refractivity contribution in [3.8, 4) is 0 Å². The van der Waals surface area contributed by atoms with E-state index in [2.05, 4.69) is 25.6 Å². The molecule has 0 saturated carbocycles. The monoisotopic (exact) mass is 287 g/mol. The minimum Gasteiger partial charge on any atom is -0.384 e. The number of nitrogens with one attached hydrogen (secondary N) is 1. The van der Waals surface area contributed by atoms with E-state index in [0.717, 1.165) is 0 Å². The Morgan fingerprint density at radius 1 is 1.30 bits per heavy atom. The van der Waals surface area contributed by atoms with Crippen LogP contribution in [-0.4, -0.2) is 31.5 Å². The molecule has 2 aromatic heterocycles. The molecule has 0 atom stereocenters. The van der Waals surface area contributed by atoms with Crippen molar-refractivity contribution in [1.29, 1.82) is 0 Å². The summed E-state index contributed by atoms with van der Waals surface area (Å²) in [6, 6.07) is 1.25.